The number of hydrogen-bond donors (Lipinski definition) is 0. The van der Waals surface area contributed by atoms with Gasteiger partial charge in [-0.25, -0.2) is 9.18 Å². The number of ether oxygens (including phenoxy) is 2. The molecule has 0 N–H and O–H groups in total. The molecule has 0 amide bonds. The van der Waals surface area contributed by atoms with Crippen molar-refractivity contribution in [1.29, 1.82) is 0 Å². The molecule has 0 heterocycles. The van der Waals surface area contributed by atoms with Crippen LogP contribution in [-0.2, 0) is 4.74 Å². The van der Waals surface area contributed by atoms with Crippen molar-refractivity contribution < 1.29 is 18.7 Å². The van der Waals surface area contributed by atoms with Crippen LogP contribution in [0.5, 0.6) is 5.75 Å². The molecule has 0 aliphatic heterocycles. The largest absolute Gasteiger partial charge is 0.516 e. The van der Waals surface area contributed by atoms with Crippen molar-refractivity contribution in [2.24, 2.45) is 0 Å². The molecule has 0 spiro atoms. The van der Waals surface area contributed by atoms with Crippen molar-refractivity contribution in [1.82, 2.24) is 0 Å². The van der Waals surface area contributed by atoms with Crippen molar-refractivity contribution in [2.45, 2.75) is 0 Å². The summed E-state index contributed by atoms with van der Waals surface area (Å²) in [6.45, 7) is -1.17. The minimum atomic E-state index is -1.17. The molecule has 0 fully saturated rings. The van der Waals surface area contributed by atoms with E-state index in [4.69, 9.17) is 0 Å². The number of carbonyl (C=O) groups is 1. The van der Waals surface area contributed by atoms with Crippen LogP contribution in [0.4, 0.5) is 9.18 Å². The van der Waals surface area contributed by atoms with Gasteiger partial charge in [0.2, 0.25) is 6.86 Å². The lowest BCUT2D eigenvalue weighted by molar-refractivity contribution is 0.0610. The van der Waals surface area contributed by atoms with Crippen molar-refractivity contribution in [3.8, 4) is 5.75 Å². The summed E-state index contributed by atoms with van der Waals surface area (Å²) in [4.78, 5) is 10.5. The third kappa shape index (κ3) is 2.57. The van der Waals surface area contributed by atoms with Crippen molar-refractivity contribution in [2.75, 3.05) is 6.86 Å². The summed E-state index contributed by atoms with van der Waals surface area (Å²) in [7, 11) is 0. The average molecular weight is 170 g/mol. The van der Waals surface area contributed by atoms with Crippen LogP contribution in [0, 0.1) is 0 Å². The van der Waals surface area contributed by atoms with Gasteiger partial charge in [-0.15, -0.1) is 0 Å². The summed E-state index contributed by atoms with van der Waals surface area (Å²) in [5, 5.41) is 0. The monoisotopic (exact) mass is 170 g/mol. The van der Waals surface area contributed by atoms with E-state index >= 15 is 0 Å². The van der Waals surface area contributed by atoms with E-state index in [0.717, 1.165) is 0 Å². The van der Waals surface area contributed by atoms with Crippen LogP contribution in [0.3, 0.4) is 0 Å². The van der Waals surface area contributed by atoms with E-state index in [-0.39, 0.29) is 0 Å². The first-order valence-corrected chi connectivity index (χ1v) is 3.28. The zero-order valence-electron chi connectivity index (χ0n) is 6.20. The summed E-state index contributed by atoms with van der Waals surface area (Å²) >= 11 is 0. The van der Waals surface area contributed by atoms with Gasteiger partial charge in [0.1, 0.15) is 5.75 Å². The quantitative estimate of drug-likeness (QED) is 0.503. The van der Waals surface area contributed by atoms with Crippen LogP contribution < -0.4 is 4.74 Å². The molecule has 0 radical (unpaired) electrons. The van der Waals surface area contributed by atoms with E-state index < -0.39 is 13.0 Å². The molecule has 64 valence electrons. The Balaban J connectivity index is 2.47. The molecule has 0 saturated carbocycles. The van der Waals surface area contributed by atoms with Gasteiger partial charge in [0.15, 0.2) is 0 Å². The SMILES string of the molecule is O=C(OCF)Oc1ccccc1. The highest BCUT2D eigenvalue weighted by Gasteiger charge is 2.03. The molecule has 1 rings (SSSR count). The van der Waals surface area contributed by atoms with E-state index in [2.05, 4.69) is 9.47 Å². The summed E-state index contributed by atoms with van der Waals surface area (Å²) in [5.74, 6) is 0.330. The Morgan fingerprint density at radius 3 is 2.58 bits per heavy atom. The first-order valence-electron chi connectivity index (χ1n) is 3.28. The standard InChI is InChI=1S/C8H7FO3/c9-6-11-8(10)12-7-4-2-1-3-5-7/h1-5H,6H2. The fraction of sp³-hybridized carbons (Fsp3) is 0.125. The van der Waals surface area contributed by atoms with Crippen molar-refractivity contribution >= 4 is 6.16 Å². The first kappa shape index (κ1) is 8.52. The molecule has 0 saturated heterocycles. The van der Waals surface area contributed by atoms with Crippen LogP contribution >= 0.6 is 0 Å². The molecular weight excluding hydrogens is 163 g/mol. The fourth-order valence-corrected chi connectivity index (χ4v) is 0.659. The lowest BCUT2D eigenvalue weighted by atomic mass is 10.3. The molecule has 0 aliphatic rings. The molecule has 4 heteroatoms. The van der Waals surface area contributed by atoms with Gasteiger partial charge in [-0.2, -0.15) is 0 Å². The summed E-state index contributed by atoms with van der Waals surface area (Å²) < 4.78 is 19.9. The molecular formula is C8H7FO3. The Morgan fingerprint density at radius 2 is 2.00 bits per heavy atom. The second-order valence-corrected chi connectivity index (χ2v) is 1.92. The smallest absolute Gasteiger partial charge is 0.402 e. The molecule has 0 aliphatic carbocycles. The summed E-state index contributed by atoms with van der Waals surface area (Å²) in [6.07, 6.45) is -1.04. The Kier molecular flexibility index (Phi) is 3.07. The Labute approximate surface area is 68.7 Å². The van der Waals surface area contributed by atoms with Gasteiger partial charge >= 0.3 is 6.16 Å². The molecule has 0 bridgehead atoms. The van der Waals surface area contributed by atoms with E-state index in [0.29, 0.717) is 5.75 Å². The third-order valence-electron chi connectivity index (χ3n) is 1.12. The summed E-state index contributed by atoms with van der Waals surface area (Å²) in [5.41, 5.74) is 0. The van der Waals surface area contributed by atoms with Crippen LogP contribution in [-0.4, -0.2) is 13.0 Å². The zero-order valence-corrected chi connectivity index (χ0v) is 6.20. The van der Waals surface area contributed by atoms with Crippen LogP contribution in [0.1, 0.15) is 0 Å². The van der Waals surface area contributed by atoms with Crippen molar-refractivity contribution in [3.05, 3.63) is 30.3 Å². The van der Waals surface area contributed by atoms with Crippen LogP contribution in [0.2, 0.25) is 0 Å². The normalized spacial score (nSPS) is 9.08. The number of alkyl halides is 1. The predicted octanol–water partition coefficient (Wildman–Crippen LogP) is 2.13. The van der Waals surface area contributed by atoms with Gasteiger partial charge < -0.3 is 9.47 Å². The van der Waals surface area contributed by atoms with Gasteiger partial charge in [0.05, 0.1) is 0 Å². The van der Waals surface area contributed by atoms with E-state index in [1.807, 2.05) is 0 Å². The molecule has 1 aromatic rings. The zero-order chi connectivity index (χ0) is 8.81. The Morgan fingerprint density at radius 1 is 1.33 bits per heavy atom. The first-order chi connectivity index (χ1) is 5.83. The molecule has 1 aromatic carbocycles. The van der Waals surface area contributed by atoms with Crippen LogP contribution in [0.15, 0.2) is 30.3 Å². The summed E-state index contributed by atoms with van der Waals surface area (Å²) in [6, 6.07) is 8.29. The van der Waals surface area contributed by atoms with E-state index in [1.54, 1.807) is 30.3 Å². The predicted molar refractivity (Wildman–Crippen MR) is 39.5 cm³/mol. The molecule has 0 atom stereocenters. The lowest BCUT2D eigenvalue weighted by Gasteiger charge is -2.01. The maximum absolute atomic E-state index is 11.4. The molecule has 3 nitrogen and oxygen atoms in total. The minimum absolute atomic E-state index is 0.330. The van der Waals surface area contributed by atoms with Crippen LogP contribution in [0.25, 0.3) is 0 Å². The minimum Gasteiger partial charge on any atom is -0.402 e. The maximum Gasteiger partial charge on any atom is 0.516 e. The number of para-hydroxylation sites is 1. The average Bonchev–Trinajstić information content (AvgIpc) is 2.06. The van der Waals surface area contributed by atoms with E-state index in [1.165, 1.54) is 0 Å². The van der Waals surface area contributed by atoms with Crippen molar-refractivity contribution in [3.63, 3.8) is 0 Å². The topological polar surface area (TPSA) is 35.5 Å². The van der Waals surface area contributed by atoms with Gasteiger partial charge in [0.25, 0.3) is 0 Å². The Hall–Kier alpha value is -1.58. The number of hydrogen-bond acceptors (Lipinski definition) is 3. The lowest BCUT2D eigenvalue weighted by Crippen LogP contribution is -2.09. The van der Waals surface area contributed by atoms with Gasteiger partial charge in [-0.1, -0.05) is 18.2 Å². The number of halogens is 1. The Bertz CT molecular complexity index is 248. The molecule has 0 unspecified atom stereocenters. The van der Waals surface area contributed by atoms with Gasteiger partial charge in [0, 0.05) is 0 Å². The van der Waals surface area contributed by atoms with Gasteiger partial charge in [-0.05, 0) is 12.1 Å². The molecule has 0 aromatic heterocycles. The maximum atomic E-state index is 11.4. The second kappa shape index (κ2) is 4.33. The third-order valence-corrected chi connectivity index (χ3v) is 1.12. The number of benzene rings is 1. The highest BCUT2D eigenvalue weighted by molar-refractivity contribution is 5.63. The highest BCUT2D eigenvalue weighted by atomic mass is 19.1. The fourth-order valence-electron chi connectivity index (χ4n) is 0.659. The number of rotatable bonds is 2. The molecule has 12 heavy (non-hydrogen) atoms. The number of carbonyl (C=O) groups excluding carboxylic acids is 1. The second-order valence-electron chi connectivity index (χ2n) is 1.92. The highest BCUT2D eigenvalue weighted by Crippen LogP contribution is 2.08. The van der Waals surface area contributed by atoms with Gasteiger partial charge in [-0.3, -0.25) is 0 Å². The van der Waals surface area contributed by atoms with E-state index in [9.17, 15) is 9.18 Å².